The molecule has 0 saturated heterocycles. The first kappa shape index (κ1) is 12.0. The van der Waals surface area contributed by atoms with Crippen molar-refractivity contribution in [2.45, 2.75) is 26.3 Å². The van der Waals surface area contributed by atoms with Crippen LogP contribution < -0.4 is 5.32 Å². The van der Waals surface area contributed by atoms with Gasteiger partial charge in [0.25, 0.3) is 0 Å². The van der Waals surface area contributed by atoms with Gasteiger partial charge in [-0.25, -0.2) is 0 Å². The summed E-state index contributed by atoms with van der Waals surface area (Å²) in [7, 11) is 0. The first-order chi connectivity index (χ1) is 7.69. The maximum atomic E-state index is 4.11. The minimum atomic E-state index is 0.272. The van der Waals surface area contributed by atoms with Crippen molar-refractivity contribution in [2.24, 2.45) is 0 Å². The van der Waals surface area contributed by atoms with Crippen LogP contribution in [0.5, 0.6) is 0 Å². The minimum Gasteiger partial charge on any atom is -0.353 e. The zero-order chi connectivity index (χ0) is 11.5. The van der Waals surface area contributed by atoms with Gasteiger partial charge in [-0.1, -0.05) is 18.3 Å². The molecule has 0 fully saturated rings. The van der Waals surface area contributed by atoms with Crippen molar-refractivity contribution >= 4 is 43.7 Å². The van der Waals surface area contributed by atoms with E-state index in [0.29, 0.717) is 0 Å². The van der Waals surface area contributed by atoms with E-state index in [1.165, 1.54) is 4.88 Å². The lowest BCUT2D eigenvalue weighted by Crippen LogP contribution is -2.04. The van der Waals surface area contributed by atoms with Crippen LogP contribution in [0.25, 0.3) is 0 Å². The average molecular weight is 318 g/mol. The van der Waals surface area contributed by atoms with E-state index in [4.69, 9.17) is 0 Å². The number of hydrogen-bond acceptors (Lipinski definition) is 5. The molecule has 0 aliphatic heterocycles. The summed E-state index contributed by atoms with van der Waals surface area (Å²) in [6.07, 6.45) is 0.943. The van der Waals surface area contributed by atoms with Crippen molar-refractivity contribution in [2.75, 3.05) is 5.32 Å². The fourth-order valence-electron chi connectivity index (χ4n) is 1.27. The van der Waals surface area contributed by atoms with E-state index in [-0.39, 0.29) is 6.04 Å². The molecule has 0 aromatic carbocycles. The minimum absolute atomic E-state index is 0.272. The Labute approximate surface area is 111 Å². The van der Waals surface area contributed by atoms with Crippen LogP contribution in [0.15, 0.2) is 15.9 Å². The summed E-state index contributed by atoms with van der Waals surface area (Å²) >= 11 is 6.83. The Balaban J connectivity index is 2.04. The smallest absolute Gasteiger partial charge is 0.206 e. The highest BCUT2D eigenvalue weighted by Gasteiger charge is 2.10. The van der Waals surface area contributed by atoms with Crippen LogP contribution in [0.4, 0.5) is 5.13 Å². The van der Waals surface area contributed by atoms with Crippen molar-refractivity contribution in [3.05, 3.63) is 25.8 Å². The van der Waals surface area contributed by atoms with Crippen LogP contribution in [0, 0.1) is 0 Å². The second-order valence-corrected chi connectivity index (χ2v) is 6.92. The SMILES string of the molecule is CCc1nnc(NC(C)c2ccc(Br)s2)s1. The topological polar surface area (TPSA) is 37.8 Å². The number of aromatic nitrogens is 2. The van der Waals surface area contributed by atoms with Gasteiger partial charge in [0.1, 0.15) is 5.01 Å². The zero-order valence-electron chi connectivity index (χ0n) is 9.03. The molecular weight excluding hydrogens is 306 g/mol. The van der Waals surface area contributed by atoms with Gasteiger partial charge in [0.2, 0.25) is 5.13 Å². The largest absolute Gasteiger partial charge is 0.353 e. The number of aryl methyl sites for hydroxylation is 1. The van der Waals surface area contributed by atoms with Gasteiger partial charge in [-0.2, -0.15) is 0 Å². The number of nitrogens with one attached hydrogen (secondary N) is 1. The van der Waals surface area contributed by atoms with Crippen LogP contribution in [-0.4, -0.2) is 10.2 Å². The fraction of sp³-hybridized carbons (Fsp3) is 0.400. The third kappa shape index (κ3) is 2.81. The highest BCUT2D eigenvalue weighted by Crippen LogP contribution is 2.29. The van der Waals surface area contributed by atoms with Crippen LogP contribution in [0.2, 0.25) is 0 Å². The number of anilines is 1. The van der Waals surface area contributed by atoms with Gasteiger partial charge in [0.05, 0.1) is 9.83 Å². The van der Waals surface area contributed by atoms with E-state index in [2.05, 4.69) is 57.4 Å². The molecular formula is C10H12BrN3S2. The molecule has 6 heteroatoms. The lowest BCUT2D eigenvalue weighted by Gasteiger charge is -2.09. The Kier molecular flexibility index (Phi) is 3.94. The van der Waals surface area contributed by atoms with E-state index in [1.54, 1.807) is 22.7 Å². The summed E-state index contributed by atoms with van der Waals surface area (Å²) in [6.45, 7) is 4.22. The molecule has 0 spiro atoms. The quantitative estimate of drug-likeness (QED) is 0.922. The van der Waals surface area contributed by atoms with E-state index in [0.717, 1.165) is 20.3 Å². The predicted molar refractivity (Wildman–Crippen MR) is 73.3 cm³/mol. The molecule has 2 rings (SSSR count). The van der Waals surface area contributed by atoms with Gasteiger partial charge in [-0.3, -0.25) is 0 Å². The maximum Gasteiger partial charge on any atom is 0.206 e. The lowest BCUT2D eigenvalue weighted by molar-refractivity contribution is 0.889. The molecule has 0 amide bonds. The number of thiophene rings is 1. The predicted octanol–water partition coefficient (Wildman–Crippen LogP) is 4.10. The Bertz CT molecular complexity index is 466. The fourth-order valence-corrected chi connectivity index (χ4v) is 3.46. The van der Waals surface area contributed by atoms with Gasteiger partial charge >= 0.3 is 0 Å². The summed E-state index contributed by atoms with van der Waals surface area (Å²) in [4.78, 5) is 1.29. The van der Waals surface area contributed by atoms with Gasteiger partial charge in [-0.15, -0.1) is 21.5 Å². The monoisotopic (exact) mass is 317 g/mol. The second-order valence-electron chi connectivity index (χ2n) is 3.36. The molecule has 0 radical (unpaired) electrons. The van der Waals surface area contributed by atoms with E-state index in [1.807, 2.05) is 0 Å². The van der Waals surface area contributed by atoms with Gasteiger partial charge in [0, 0.05) is 4.88 Å². The Morgan fingerprint density at radius 1 is 1.38 bits per heavy atom. The Hall–Kier alpha value is -0.460. The molecule has 2 aromatic heterocycles. The number of nitrogens with zero attached hydrogens (tertiary/aromatic N) is 2. The molecule has 1 N–H and O–H groups in total. The van der Waals surface area contributed by atoms with Crippen molar-refractivity contribution in [3.8, 4) is 0 Å². The summed E-state index contributed by atoms with van der Waals surface area (Å²) in [6, 6.07) is 4.46. The molecule has 0 aliphatic carbocycles. The first-order valence-electron chi connectivity index (χ1n) is 5.03. The highest BCUT2D eigenvalue weighted by molar-refractivity contribution is 9.11. The van der Waals surface area contributed by atoms with Crippen molar-refractivity contribution < 1.29 is 0 Å². The van der Waals surface area contributed by atoms with Crippen molar-refractivity contribution in [1.82, 2.24) is 10.2 Å². The summed E-state index contributed by atoms with van der Waals surface area (Å²) < 4.78 is 1.16. The number of hydrogen-bond donors (Lipinski definition) is 1. The van der Waals surface area contributed by atoms with Crippen molar-refractivity contribution in [1.29, 1.82) is 0 Å². The van der Waals surface area contributed by atoms with E-state index < -0.39 is 0 Å². The van der Waals surface area contributed by atoms with Crippen LogP contribution in [0.1, 0.15) is 29.8 Å². The molecule has 0 bridgehead atoms. The number of halogens is 1. The third-order valence-corrected chi connectivity index (χ3v) is 4.94. The molecule has 0 aliphatic rings. The molecule has 2 heterocycles. The lowest BCUT2D eigenvalue weighted by atomic mass is 10.3. The van der Waals surface area contributed by atoms with Crippen LogP contribution >= 0.6 is 38.6 Å². The van der Waals surface area contributed by atoms with Crippen LogP contribution in [0.3, 0.4) is 0 Å². The highest BCUT2D eigenvalue weighted by atomic mass is 79.9. The zero-order valence-corrected chi connectivity index (χ0v) is 12.2. The van der Waals surface area contributed by atoms with Crippen molar-refractivity contribution in [3.63, 3.8) is 0 Å². The van der Waals surface area contributed by atoms with E-state index in [9.17, 15) is 0 Å². The molecule has 0 saturated carbocycles. The molecule has 86 valence electrons. The van der Waals surface area contributed by atoms with Gasteiger partial charge in [-0.05, 0) is 41.4 Å². The average Bonchev–Trinajstić information content (AvgIpc) is 2.87. The molecule has 1 atom stereocenters. The standard InChI is InChI=1S/C10H12BrN3S2/c1-3-9-13-14-10(16-9)12-6(2)7-4-5-8(11)15-7/h4-6H,3H2,1-2H3,(H,12,14). The normalized spacial score (nSPS) is 12.7. The summed E-state index contributed by atoms with van der Waals surface area (Å²) in [5, 5.41) is 13.5. The maximum absolute atomic E-state index is 4.11. The molecule has 2 aromatic rings. The summed E-state index contributed by atoms with van der Waals surface area (Å²) in [5.41, 5.74) is 0. The third-order valence-electron chi connectivity index (χ3n) is 2.13. The molecule has 1 unspecified atom stereocenters. The first-order valence-corrected chi connectivity index (χ1v) is 7.45. The number of rotatable bonds is 4. The van der Waals surface area contributed by atoms with Gasteiger partial charge < -0.3 is 5.32 Å². The summed E-state index contributed by atoms with van der Waals surface area (Å²) in [5.74, 6) is 0. The van der Waals surface area contributed by atoms with Crippen LogP contribution in [-0.2, 0) is 6.42 Å². The second kappa shape index (κ2) is 5.25. The molecule has 16 heavy (non-hydrogen) atoms. The Morgan fingerprint density at radius 3 is 2.75 bits per heavy atom. The van der Waals surface area contributed by atoms with Gasteiger partial charge in [0.15, 0.2) is 0 Å². The van der Waals surface area contributed by atoms with E-state index >= 15 is 0 Å². The molecule has 3 nitrogen and oxygen atoms in total. The Morgan fingerprint density at radius 2 is 2.19 bits per heavy atom.